The van der Waals surface area contributed by atoms with Gasteiger partial charge in [-0.15, -0.1) is 11.3 Å². The molecule has 0 radical (unpaired) electrons. The molecular formula is C14H15Cl2NOS. The van der Waals surface area contributed by atoms with Crippen molar-refractivity contribution in [3.63, 3.8) is 0 Å². The average molecular weight is 316 g/mol. The smallest absolute Gasteiger partial charge is 0.142 e. The second-order valence-corrected chi connectivity index (χ2v) is 6.28. The number of ether oxygens (including phenoxy) is 1. The Balaban J connectivity index is 2.06. The summed E-state index contributed by atoms with van der Waals surface area (Å²) in [6.45, 7) is 3.48. The largest absolute Gasteiger partial charge is 0.491 e. The lowest BCUT2D eigenvalue weighted by Gasteiger charge is -2.12. The number of benzene rings is 1. The van der Waals surface area contributed by atoms with Crippen LogP contribution in [0, 0.1) is 0 Å². The maximum atomic E-state index is 6.02. The van der Waals surface area contributed by atoms with Gasteiger partial charge in [-0.3, -0.25) is 0 Å². The molecule has 5 heteroatoms. The molecule has 1 heterocycles. The summed E-state index contributed by atoms with van der Waals surface area (Å²) in [6.07, 6.45) is 0.975. The standard InChI is InChI=1S/C14H15Cl2NOS/c1-2-7-18-13-5-3-10(15)8-12(13)17-9-11-4-6-14(16)19-11/h3-6,8,17H,2,7,9H2,1H3. The first-order valence-corrected chi connectivity index (χ1v) is 7.66. The maximum absolute atomic E-state index is 6.02. The molecule has 2 aromatic rings. The second-order valence-electron chi connectivity index (χ2n) is 4.05. The summed E-state index contributed by atoms with van der Waals surface area (Å²) < 4.78 is 6.49. The molecule has 0 saturated heterocycles. The Morgan fingerprint density at radius 1 is 1.21 bits per heavy atom. The zero-order chi connectivity index (χ0) is 13.7. The van der Waals surface area contributed by atoms with Crippen LogP contribution < -0.4 is 10.1 Å². The summed E-state index contributed by atoms with van der Waals surface area (Å²) >= 11 is 13.5. The van der Waals surface area contributed by atoms with E-state index in [1.54, 1.807) is 11.3 Å². The minimum Gasteiger partial charge on any atom is -0.491 e. The normalized spacial score (nSPS) is 10.5. The fourth-order valence-corrected chi connectivity index (χ4v) is 2.81. The van der Waals surface area contributed by atoms with Gasteiger partial charge in [-0.25, -0.2) is 0 Å². The molecule has 1 N–H and O–H groups in total. The molecule has 0 aliphatic rings. The van der Waals surface area contributed by atoms with Crippen molar-refractivity contribution < 1.29 is 4.74 Å². The van der Waals surface area contributed by atoms with Crippen molar-refractivity contribution in [2.45, 2.75) is 19.9 Å². The van der Waals surface area contributed by atoms with E-state index in [1.165, 1.54) is 4.88 Å². The molecule has 0 aliphatic carbocycles. The van der Waals surface area contributed by atoms with Gasteiger partial charge < -0.3 is 10.1 Å². The van der Waals surface area contributed by atoms with Crippen LogP contribution in [0.15, 0.2) is 30.3 Å². The van der Waals surface area contributed by atoms with Gasteiger partial charge in [0.15, 0.2) is 0 Å². The molecule has 0 saturated carbocycles. The molecule has 1 aromatic heterocycles. The zero-order valence-electron chi connectivity index (χ0n) is 10.6. The predicted molar refractivity (Wildman–Crippen MR) is 83.9 cm³/mol. The SMILES string of the molecule is CCCOc1ccc(Cl)cc1NCc1ccc(Cl)s1. The molecule has 2 nitrogen and oxygen atoms in total. The zero-order valence-corrected chi connectivity index (χ0v) is 12.9. The third-order valence-electron chi connectivity index (χ3n) is 2.49. The Labute approximate surface area is 127 Å². The number of hydrogen-bond donors (Lipinski definition) is 1. The van der Waals surface area contributed by atoms with Gasteiger partial charge in [0.2, 0.25) is 0 Å². The average Bonchev–Trinajstić information content (AvgIpc) is 2.81. The van der Waals surface area contributed by atoms with Gasteiger partial charge in [-0.1, -0.05) is 30.1 Å². The van der Waals surface area contributed by atoms with Gasteiger partial charge in [-0.05, 0) is 36.8 Å². The van der Waals surface area contributed by atoms with E-state index in [9.17, 15) is 0 Å². The summed E-state index contributed by atoms with van der Waals surface area (Å²) in [7, 11) is 0. The molecule has 1 aromatic carbocycles. The van der Waals surface area contributed by atoms with Gasteiger partial charge in [-0.2, -0.15) is 0 Å². The van der Waals surface area contributed by atoms with Crippen LogP contribution in [0.1, 0.15) is 18.2 Å². The van der Waals surface area contributed by atoms with Gasteiger partial charge in [0.05, 0.1) is 16.6 Å². The van der Waals surface area contributed by atoms with E-state index in [-0.39, 0.29) is 0 Å². The van der Waals surface area contributed by atoms with Crippen LogP contribution in [-0.2, 0) is 6.54 Å². The number of nitrogens with one attached hydrogen (secondary N) is 1. The molecule has 0 unspecified atom stereocenters. The van der Waals surface area contributed by atoms with E-state index in [2.05, 4.69) is 12.2 Å². The fraction of sp³-hybridized carbons (Fsp3) is 0.286. The Morgan fingerprint density at radius 2 is 2.05 bits per heavy atom. The van der Waals surface area contributed by atoms with Crippen LogP contribution in [0.25, 0.3) is 0 Å². The Kier molecular flexibility index (Phi) is 5.37. The highest BCUT2D eigenvalue weighted by Gasteiger charge is 2.05. The topological polar surface area (TPSA) is 21.3 Å². The first-order valence-electron chi connectivity index (χ1n) is 6.09. The van der Waals surface area contributed by atoms with Gasteiger partial charge >= 0.3 is 0 Å². The third kappa shape index (κ3) is 4.30. The maximum Gasteiger partial charge on any atom is 0.142 e. The Hall–Kier alpha value is -0.900. The van der Waals surface area contributed by atoms with Crippen LogP contribution in [0.4, 0.5) is 5.69 Å². The minimum atomic E-state index is 0.690. The summed E-state index contributed by atoms with van der Waals surface area (Å²) in [5.41, 5.74) is 0.908. The number of halogens is 2. The Bertz CT molecular complexity index is 542. The molecule has 2 rings (SSSR count). The first kappa shape index (κ1) is 14.5. The fourth-order valence-electron chi connectivity index (χ4n) is 1.61. The predicted octanol–water partition coefficient (Wildman–Crippen LogP) is 5.46. The van der Waals surface area contributed by atoms with E-state index < -0.39 is 0 Å². The lowest BCUT2D eigenvalue weighted by atomic mass is 10.3. The van der Waals surface area contributed by atoms with Crippen LogP contribution >= 0.6 is 34.5 Å². The van der Waals surface area contributed by atoms with Crippen LogP contribution in [0.5, 0.6) is 5.75 Å². The lowest BCUT2D eigenvalue weighted by molar-refractivity contribution is 0.319. The molecular weight excluding hydrogens is 301 g/mol. The monoisotopic (exact) mass is 315 g/mol. The molecule has 102 valence electrons. The van der Waals surface area contributed by atoms with Crippen LogP contribution in [0.3, 0.4) is 0 Å². The van der Waals surface area contributed by atoms with E-state index in [1.807, 2.05) is 30.3 Å². The van der Waals surface area contributed by atoms with Crippen LogP contribution in [0.2, 0.25) is 9.36 Å². The van der Waals surface area contributed by atoms with Gasteiger partial charge in [0.25, 0.3) is 0 Å². The third-order valence-corrected chi connectivity index (χ3v) is 3.95. The van der Waals surface area contributed by atoms with E-state index in [0.717, 1.165) is 22.2 Å². The summed E-state index contributed by atoms with van der Waals surface area (Å²) in [4.78, 5) is 1.17. The van der Waals surface area contributed by atoms with Crippen molar-refractivity contribution in [2.75, 3.05) is 11.9 Å². The molecule has 0 atom stereocenters. The number of thiophene rings is 1. The quantitative estimate of drug-likeness (QED) is 0.764. The molecule has 0 aliphatic heterocycles. The van der Waals surface area contributed by atoms with E-state index in [4.69, 9.17) is 27.9 Å². The molecule has 0 amide bonds. The summed E-state index contributed by atoms with van der Waals surface area (Å²) in [6, 6.07) is 9.51. The van der Waals surface area contributed by atoms with E-state index >= 15 is 0 Å². The van der Waals surface area contributed by atoms with Crippen molar-refractivity contribution >= 4 is 40.2 Å². The first-order chi connectivity index (χ1) is 9.19. The van der Waals surface area contributed by atoms with Crippen molar-refractivity contribution in [1.29, 1.82) is 0 Å². The second kappa shape index (κ2) is 7.04. The number of hydrogen-bond acceptors (Lipinski definition) is 3. The highest BCUT2D eigenvalue weighted by Crippen LogP contribution is 2.29. The highest BCUT2D eigenvalue weighted by atomic mass is 35.5. The number of rotatable bonds is 6. The number of anilines is 1. The molecule has 19 heavy (non-hydrogen) atoms. The minimum absolute atomic E-state index is 0.690. The molecule has 0 spiro atoms. The van der Waals surface area contributed by atoms with Crippen molar-refractivity contribution in [2.24, 2.45) is 0 Å². The highest BCUT2D eigenvalue weighted by molar-refractivity contribution is 7.16. The van der Waals surface area contributed by atoms with Gasteiger partial charge in [0, 0.05) is 16.4 Å². The van der Waals surface area contributed by atoms with Crippen molar-refractivity contribution in [3.05, 3.63) is 44.6 Å². The van der Waals surface area contributed by atoms with E-state index in [0.29, 0.717) is 18.2 Å². The van der Waals surface area contributed by atoms with Crippen LogP contribution in [-0.4, -0.2) is 6.61 Å². The van der Waals surface area contributed by atoms with Gasteiger partial charge in [0.1, 0.15) is 5.75 Å². The summed E-state index contributed by atoms with van der Waals surface area (Å²) in [5.74, 6) is 0.828. The summed E-state index contributed by atoms with van der Waals surface area (Å²) in [5, 5.41) is 4.03. The van der Waals surface area contributed by atoms with Crippen molar-refractivity contribution in [1.82, 2.24) is 0 Å². The molecule has 0 bridgehead atoms. The lowest BCUT2D eigenvalue weighted by Crippen LogP contribution is -2.02. The molecule has 0 fully saturated rings. The van der Waals surface area contributed by atoms with Crippen molar-refractivity contribution in [3.8, 4) is 5.75 Å². The Morgan fingerprint density at radius 3 is 2.74 bits per heavy atom.